The number of amides is 2. The van der Waals surface area contributed by atoms with Crippen molar-refractivity contribution in [2.75, 3.05) is 33.4 Å². The molecule has 0 saturated carbocycles. The Labute approximate surface area is 100 Å². The van der Waals surface area contributed by atoms with Crippen LogP contribution in [-0.4, -0.2) is 56.2 Å². The van der Waals surface area contributed by atoms with E-state index in [1.54, 1.807) is 18.7 Å². The van der Waals surface area contributed by atoms with E-state index in [4.69, 9.17) is 0 Å². The first-order valence-corrected chi connectivity index (χ1v) is 5.29. The number of ether oxygens (including phenoxy) is 2. The number of nitrogens with one attached hydrogen (secondary N) is 1. The van der Waals surface area contributed by atoms with Gasteiger partial charge in [0.2, 0.25) is 5.91 Å². The zero-order valence-corrected chi connectivity index (χ0v) is 10.3. The molecule has 7 heteroatoms. The van der Waals surface area contributed by atoms with Gasteiger partial charge in [0, 0.05) is 0 Å². The second kappa shape index (κ2) is 8.51. The third kappa shape index (κ3) is 7.29. The lowest BCUT2D eigenvalue weighted by Gasteiger charge is -2.17. The molecule has 0 unspecified atom stereocenters. The molecule has 0 bridgehead atoms. The molecule has 1 N–H and O–H groups in total. The molecule has 0 radical (unpaired) electrons. The number of nitrogens with zero attached hydrogens (tertiary/aromatic N) is 1. The number of carbonyl (C=O) groups excluding carboxylic acids is 3. The van der Waals surface area contributed by atoms with Crippen molar-refractivity contribution in [3.8, 4) is 0 Å². The van der Waals surface area contributed by atoms with Crippen LogP contribution in [0.2, 0.25) is 0 Å². The third-order valence-electron chi connectivity index (χ3n) is 1.91. The zero-order valence-electron chi connectivity index (χ0n) is 10.3. The number of carbonyl (C=O) groups is 3. The van der Waals surface area contributed by atoms with E-state index in [0.717, 1.165) is 0 Å². The van der Waals surface area contributed by atoms with Gasteiger partial charge in [-0.2, -0.15) is 0 Å². The van der Waals surface area contributed by atoms with Gasteiger partial charge < -0.3 is 9.47 Å². The van der Waals surface area contributed by atoms with Crippen LogP contribution < -0.4 is 5.32 Å². The Bertz CT molecular complexity index is 280. The molecule has 0 rings (SSSR count). The van der Waals surface area contributed by atoms with E-state index >= 15 is 0 Å². The molecule has 0 aromatic carbocycles. The van der Waals surface area contributed by atoms with Crippen LogP contribution in [0.1, 0.15) is 13.8 Å². The Morgan fingerprint density at radius 2 is 1.82 bits per heavy atom. The van der Waals surface area contributed by atoms with Crippen molar-refractivity contribution in [3.63, 3.8) is 0 Å². The van der Waals surface area contributed by atoms with Gasteiger partial charge >= 0.3 is 12.1 Å². The van der Waals surface area contributed by atoms with Crippen molar-refractivity contribution in [2.45, 2.75) is 13.8 Å². The van der Waals surface area contributed by atoms with E-state index < -0.39 is 18.0 Å². The molecule has 0 aromatic rings. The fourth-order valence-corrected chi connectivity index (χ4v) is 1.05. The highest BCUT2D eigenvalue weighted by Gasteiger charge is 2.15. The second-order valence-electron chi connectivity index (χ2n) is 3.15. The summed E-state index contributed by atoms with van der Waals surface area (Å²) in [4.78, 5) is 34.8. The van der Waals surface area contributed by atoms with Crippen LogP contribution >= 0.6 is 0 Å². The summed E-state index contributed by atoms with van der Waals surface area (Å²) in [6.45, 7) is 4.05. The number of hydrogen-bond acceptors (Lipinski definition) is 6. The molecule has 0 saturated heterocycles. The van der Waals surface area contributed by atoms with E-state index in [2.05, 4.69) is 9.47 Å². The van der Waals surface area contributed by atoms with Crippen LogP contribution in [0.5, 0.6) is 0 Å². The number of likely N-dealkylation sites (N-methyl/N-ethyl adjacent to an activating group) is 1. The summed E-state index contributed by atoms with van der Waals surface area (Å²) in [5.74, 6) is -0.954. The van der Waals surface area contributed by atoms with Gasteiger partial charge in [-0.3, -0.25) is 19.8 Å². The van der Waals surface area contributed by atoms with Gasteiger partial charge in [-0.1, -0.05) is 6.92 Å². The number of esters is 1. The van der Waals surface area contributed by atoms with Gasteiger partial charge in [-0.05, 0) is 13.5 Å². The molecule has 17 heavy (non-hydrogen) atoms. The normalized spacial score (nSPS) is 9.88. The molecule has 0 atom stereocenters. The first kappa shape index (κ1) is 15.4. The number of methoxy groups -OCH3 is 1. The predicted octanol–water partition coefficient (Wildman–Crippen LogP) is -0.246. The van der Waals surface area contributed by atoms with Crippen LogP contribution in [0.15, 0.2) is 0 Å². The van der Waals surface area contributed by atoms with Crippen LogP contribution in [-0.2, 0) is 19.1 Å². The molecule has 7 nitrogen and oxygen atoms in total. The maximum atomic E-state index is 11.4. The summed E-state index contributed by atoms with van der Waals surface area (Å²) in [6.07, 6.45) is -0.786. The van der Waals surface area contributed by atoms with E-state index in [1.807, 2.05) is 5.32 Å². The third-order valence-corrected chi connectivity index (χ3v) is 1.91. The number of hydrogen-bond donors (Lipinski definition) is 1. The lowest BCUT2D eigenvalue weighted by molar-refractivity contribution is -0.142. The minimum atomic E-state index is -0.786. The summed E-state index contributed by atoms with van der Waals surface area (Å²) >= 11 is 0. The van der Waals surface area contributed by atoms with Crippen molar-refractivity contribution in [3.05, 3.63) is 0 Å². The molecular formula is C10H18N2O5. The molecule has 0 fully saturated rings. The lowest BCUT2D eigenvalue weighted by Crippen LogP contribution is -2.42. The first-order valence-electron chi connectivity index (χ1n) is 5.29. The number of rotatable bonds is 6. The SMILES string of the molecule is CCOC(=O)NC(=O)CN(CC)CC(=O)OC. The highest BCUT2D eigenvalue weighted by molar-refractivity contribution is 5.93. The van der Waals surface area contributed by atoms with Gasteiger partial charge in [0.05, 0.1) is 26.8 Å². The van der Waals surface area contributed by atoms with Gasteiger partial charge in [0.15, 0.2) is 0 Å². The molecule has 0 spiro atoms. The van der Waals surface area contributed by atoms with Crippen molar-refractivity contribution >= 4 is 18.0 Å². The fourth-order valence-electron chi connectivity index (χ4n) is 1.05. The van der Waals surface area contributed by atoms with Crippen molar-refractivity contribution < 1.29 is 23.9 Å². The van der Waals surface area contributed by atoms with Crippen molar-refractivity contribution in [1.82, 2.24) is 10.2 Å². The largest absolute Gasteiger partial charge is 0.468 e. The Hall–Kier alpha value is -1.63. The molecule has 2 amide bonds. The minimum absolute atomic E-state index is 0.00322. The Balaban J connectivity index is 4.06. The number of imide groups is 1. The number of alkyl carbamates (subject to hydrolysis) is 1. The summed E-state index contributed by atoms with van der Waals surface area (Å²) in [6, 6.07) is 0. The molecule has 0 aliphatic heterocycles. The van der Waals surface area contributed by atoms with E-state index in [-0.39, 0.29) is 19.7 Å². The van der Waals surface area contributed by atoms with Gasteiger partial charge in [0.25, 0.3) is 0 Å². The Kier molecular flexibility index (Phi) is 7.70. The minimum Gasteiger partial charge on any atom is -0.468 e. The first-order chi connectivity index (χ1) is 8.03. The topological polar surface area (TPSA) is 84.9 Å². The van der Waals surface area contributed by atoms with Crippen LogP contribution in [0.25, 0.3) is 0 Å². The Morgan fingerprint density at radius 1 is 1.18 bits per heavy atom. The average Bonchev–Trinajstić information content (AvgIpc) is 2.27. The average molecular weight is 246 g/mol. The summed E-state index contributed by atoms with van der Waals surface area (Å²) in [5, 5.41) is 2.04. The molecular weight excluding hydrogens is 228 g/mol. The standard InChI is InChI=1S/C10H18N2O5/c1-4-12(7-9(14)16-3)6-8(13)11-10(15)17-5-2/h4-7H2,1-3H3,(H,11,13,15). The fraction of sp³-hybridized carbons (Fsp3) is 0.700. The van der Waals surface area contributed by atoms with Crippen molar-refractivity contribution in [1.29, 1.82) is 0 Å². The highest BCUT2D eigenvalue weighted by atomic mass is 16.5. The quantitative estimate of drug-likeness (QED) is 0.651. The highest BCUT2D eigenvalue weighted by Crippen LogP contribution is 1.89. The zero-order chi connectivity index (χ0) is 13.3. The summed E-state index contributed by atoms with van der Waals surface area (Å²) in [5.41, 5.74) is 0. The van der Waals surface area contributed by atoms with Crippen molar-refractivity contribution in [2.24, 2.45) is 0 Å². The molecule has 0 aliphatic rings. The van der Waals surface area contributed by atoms with Crippen LogP contribution in [0.4, 0.5) is 4.79 Å². The predicted molar refractivity (Wildman–Crippen MR) is 59.3 cm³/mol. The second-order valence-corrected chi connectivity index (χ2v) is 3.15. The van der Waals surface area contributed by atoms with Crippen LogP contribution in [0, 0.1) is 0 Å². The van der Waals surface area contributed by atoms with Gasteiger partial charge in [-0.25, -0.2) is 4.79 Å². The lowest BCUT2D eigenvalue weighted by atomic mass is 10.4. The smallest absolute Gasteiger partial charge is 0.413 e. The van der Waals surface area contributed by atoms with Gasteiger partial charge in [-0.15, -0.1) is 0 Å². The molecule has 0 aromatic heterocycles. The maximum Gasteiger partial charge on any atom is 0.413 e. The molecule has 0 heterocycles. The summed E-state index contributed by atoms with van der Waals surface area (Å²) in [7, 11) is 1.27. The monoisotopic (exact) mass is 246 g/mol. The van der Waals surface area contributed by atoms with E-state index in [1.165, 1.54) is 7.11 Å². The van der Waals surface area contributed by atoms with Gasteiger partial charge in [0.1, 0.15) is 0 Å². The molecule has 98 valence electrons. The maximum absolute atomic E-state index is 11.4. The van der Waals surface area contributed by atoms with E-state index in [0.29, 0.717) is 6.54 Å². The Morgan fingerprint density at radius 3 is 2.29 bits per heavy atom. The molecule has 0 aliphatic carbocycles. The van der Waals surface area contributed by atoms with Crippen LogP contribution in [0.3, 0.4) is 0 Å². The van der Waals surface area contributed by atoms with E-state index in [9.17, 15) is 14.4 Å². The summed E-state index contributed by atoms with van der Waals surface area (Å²) < 4.78 is 9.03.